The molecule has 0 saturated carbocycles. The fourth-order valence-electron chi connectivity index (χ4n) is 2.24. The Hall–Kier alpha value is -3.19. The van der Waals surface area contributed by atoms with Gasteiger partial charge in [-0.15, -0.1) is 10.2 Å². The van der Waals surface area contributed by atoms with Crippen molar-refractivity contribution in [3.63, 3.8) is 0 Å². The summed E-state index contributed by atoms with van der Waals surface area (Å²) in [6, 6.07) is 16.1. The highest BCUT2D eigenvalue weighted by Crippen LogP contribution is 2.22. The fourth-order valence-corrected chi connectivity index (χ4v) is 2.37. The number of nitrogens with zero attached hydrogens (tertiary/aromatic N) is 3. The molecule has 0 aliphatic rings. The Balaban J connectivity index is 1.80. The van der Waals surface area contributed by atoms with E-state index in [2.05, 4.69) is 15.5 Å². The first kappa shape index (κ1) is 14.4. The Morgan fingerprint density at radius 2 is 1.67 bits per heavy atom. The maximum Gasteiger partial charge on any atom is 0.441 e. The van der Waals surface area contributed by atoms with Crippen molar-refractivity contribution >= 4 is 11.6 Å². The number of hydrogen-bond acceptors (Lipinski definition) is 5. The quantitative estimate of drug-likeness (QED) is 0.579. The zero-order valence-electron chi connectivity index (χ0n) is 12.1. The number of aromatic amines is 1. The minimum absolute atomic E-state index is 0.0544. The minimum atomic E-state index is -0.606. The topological polar surface area (TPSA) is 88.8 Å². The molecule has 2 aromatic heterocycles. The average Bonchev–Trinajstić information content (AvgIpc) is 3.23. The second-order valence-electron chi connectivity index (χ2n) is 4.92. The number of aromatic nitrogens is 4. The Morgan fingerprint density at radius 1 is 0.958 bits per heavy atom. The average molecular weight is 342 g/mol. The lowest BCUT2D eigenvalue weighted by molar-refractivity contribution is -0.660. The molecule has 24 heavy (non-hydrogen) atoms. The van der Waals surface area contributed by atoms with E-state index in [0.29, 0.717) is 16.3 Å². The lowest BCUT2D eigenvalue weighted by Crippen LogP contribution is -2.36. The molecule has 118 valence electrons. The van der Waals surface area contributed by atoms with Crippen LogP contribution in [0.2, 0.25) is 5.02 Å². The number of benzene rings is 2. The molecule has 0 fully saturated rings. The van der Waals surface area contributed by atoms with E-state index in [1.807, 2.05) is 30.3 Å². The van der Waals surface area contributed by atoms with Gasteiger partial charge in [0.15, 0.2) is 0 Å². The van der Waals surface area contributed by atoms with Crippen LogP contribution in [0.4, 0.5) is 0 Å². The van der Waals surface area contributed by atoms with Gasteiger partial charge < -0.3 is 4.42 Å². The molecule has 0 aliphatic heterocycles. The summed E-state index contributed by atoms with van der Waals surface area (Å²) in [4.78, 5) is 12.0. The third-order valence-corrected chi connectivity index (χ3v) is 3.63. The molecule has 0 atom stereocenters. The molecule has 0 unspecified atom stereocenters. The number of para-hydroxylation sites is 1. The van der Waals surface area contributed by atoms with Gasteiger partial charge >= 0.3 is 17.2 Å². The molecule has 0 saturated heterocycles. The summed E-state index contributed by atoms with van der Waals surface area (Å²) in [6.45, 7) is 0. The van der Waals surface area contributed by atoms with E-state index in [-0.39, 0.29) is 17.5 Å². The van der Waals surface area contributed by atoms with Gasteiger partial charge in [0.25, 0.3) is 0 Å². The van der Waals surface area contributed by atoms with Gasteiger partial charge in [0, 0.05) is 22.7 Å². The number of H-pyrrole nitrogens is 1. The molecule has 7 nitrogen and oxygen atoms in total. The van der Waals surface area contributed by atoms with Crippen LogP contribution in [0.15, 0.2) is 68.3 Å². The van der Waals surface area contributed by atoms with E-state index in [0.717, 1.165) is 0 Å². The van der Waals surface area contributed by atoms with Crippen molar-refractivity contribution < 1.29 is 13.6 Å². The molecular formula is C16H10ClN4O3+. The maximum atomic E-state index is 12.0. The largest absolute Gasteiger partial charge is 0.441 e. The summed E-state index contributed by atoms with van der Waals surface area (Å²) in [5.41, 5.74) is 0.910. The van der Waals surface area contributed by atoms with Crippen LogP contribution in [0.3, 0.4) is 0 Å². The molecule has 0 aliphatic carbocycles. The molecule has 0 bridgehead atoms. The van der Waals surface area contributed by atoms with Crippen molar-refractivity contribution in [2.45, 2.75) is 0 Å². The first-order valence-electron chi connectivity index (χ1n) is 7.01. The van der Waals surface area contributed by atoms with Crippen LogP contribution in [0.5, 0.6) is 0 Å². The summed E-state index contributed by atoms with van der Waals surface area (Å²) in [5.74, 6) is 0.334. The van der Waals surface area contributed by atoms with E-state index in [4.69, 9.17) is 20.5 Å². The van der Waals surface area contributed by atoms with Crippen molar-refractivity contribution in [1.29, 1.82) is 0 Å². The van der Waals surface area contributed by atoms with E-state index in [1.54, 1.807) is 24.3 Å². The second kappa shape index (κ2) is 5.78. The third kappa shape index (κ3) is 2.50. The molecule has 8 heteroatoms. The molecule has 4 aromatic rings. The van der Waals surface area contributed by atoms with Gasteiger partial charge in [-0.3, -0.25) is 4.52 Å². The molecule has 0 amide bonds. The van der Waals surface area contributed by atoms with Gasteiger partial charge in [0.1, 0.15) is 0 Å². The van der Waals surface area contributed by atoms with Gasteiger partial charge in [-0.25, -0.2) is 4.79 Å². The fraction of sp³-hybridized carbons (Fsp3) is 0. The van der Waals surface area contributed by atoms with Crippen LogP contribution in [-0.2, 0) is 0 Å². The summed E-state index contributed by atoms with van der Waals surface area (Å²) in [5, 5.41) is 11.1. The zero-order chi connectivity index (χ0) is 16.5. The van der Waals surface area contributed by atoms with E-state index < -0.39 is 5.63 Å². The lowest BCUT2D eigenvalue weighted by Gasteiger charge is -1.93. The van der Waals surface area contributed by atoms with Gasteiger partial charge in [-0.05, 0) is 34.2 Å². The normalized spacial score (nSPS) is 10.9. The van der Waals surface area contributed by atoms with Crippen molar-refractivity contribution in [1.82, 2.24) is 15.5 Å². The van der Waals surface area contributed by atoms with Crippen LogP contribution in [0.1, 0.15) is 0 Å². The highest BCUT2D eigenvalue weighted by Gasteiger charge is 2.30. The molecular weight excluding hydrogens is 332 g/mol. The lowest BCUT2D eigenvalue weighted by atomic mass is 10.2. The van der Waals surface area contributed by atoms with Crippen molar-refractivity contribution in [3.05, 3.63) is 70.0 Å². The maximum absolute atomic E-state index is 12.0. The Bertz CT molecular complexity index is 1040. The van der Waals surface area contributed by atoms with Crippen LogP contribution < -0.4 is 10.3 Å². The van der Waals surface area contributed by atoms with E-state index in [1.165, 1.54) is 4.68 Å². The molecule has 0 radical (unpaired) electrons. The van der Waals surface area contributed by atoms with Crippen LogP contribution in [0, 0.1) is 0 Å². The van der Waals surface area contributed by atoms with Crippen molar-refractivity contribution in [3.8, 4) is 28.7 Å². The number of hydrogen-bond donors (Lipinski definition) is 1. The van der Waals surface area contributed by atoms with Gasteiger partial charge in [-0.1, -0.05) is 29.8 Å². The van der Waals surface area contributed by atoms with Crippen LogP contribution >= 0.6 is 11.6 Å². The monoisotopic (exact) mass is 341 g/mol. The summed E-state index contributed by atoms with van der Waals surface area (Å²) in [7, 11) is 0. The molecule has 2 heterocycles. The number of rotatable bonds is 3. The standard InChI is InChI=1S/C16H9ClN4O3/c17-11-8-6-10(7-9-11)14-18-19-15(23-14)13-16(22)24-20-21(13)12-4-2-1-3-5-12/h1-9H/p+1. The summed E-state index contributed by atoms with van der Waals surface area (Å²) < 4.78 is 11.9. The Labute approximate surface area is 140 Å². The smallest absolute Gasteiger partial charge is 0.411 e. The molecule has 1 N–H and O–H groups in total. The number of halogens is 1. The SMILES string of the molecule is O=c1o[nH][n+](-c2ccccc2)c1-c1nnc(-c2ccc(Cl)cc2)o1. The molecule has 4 rings (SSSR count). The van der Waals surface area contributed by atoms with E-state index in [9.17, 15) is 4.79 Å². The van der Waals surface area contributed by atoms with Crippen molar-refractivity contribution in [2.75, 3.05) is 0 Å². The highest BCUT2D eigenvalue weighted by molar-refractivity contribution is 6.30. The van der Waals surface area contributed by atoms with Gasteiger partial charge in [0.05, 0.1) is 0 Å². The van der Waals surface area contributed by atoms with Crippen LogP contribution in [0.25, 0.3) is 28.7 Å². The van der Waals surface area contributed by atoms with Gasteiger partial charge in [0.2, 0.25) is 11.6 Å². The minimum Gasteiger partial charge on any atom is -0.411 e. The highest BCUT2D eigenvalue weighted by atomic mass is 35.5. The first-order valence-corrected chi connectivity index (χ1v) is 7.39. The van der Waals surface area contributed by atoms with Gasteiger partial charge in [-0.2, -0.15) is 0 Å². The Morgan fingerprint density at radius 3 is 2.42 bits per heavy atom. The summed E-state index contributed by atoms with van der Waals surface area (Å²) >= 11 is 5.87. The number of nitrogens with one attached hydrogen (secondary N) is 1. The van der Waals surface area contributed by atoms with E-state index >= 15 is 0 Å². The second-order valence-corrected chi connectivity index (χ2v) is 5.36. The summed E-state index contributed by atoms with van der Waals surface area (Å²) in [6.07, 6.45) is 0. The predicted molar refractivity (Wildman–Crippen MR) is 84.6 cm³/mol. The van der Waals surface area contributed by atoms with Crippen LogP contribution in [-0.4, -0.2) is 15.5 Å². The zero-order valence-corrected chi connectivity index (χ0v) is 12.9. The van der Waals surface area contributed by atoms with Crippen molar-refractivity contribution in [2.24, 2.45) is 0 Å². The molecule has 2 aromatic carbocycles. The third-order valence-electron chi connectivity index (χ3n) is 3.38. The first-order chi connectivity index (χ1) is 11.7. The molecule has 0 spiro atoms. The Kier molecular flexibility index (Phi) is 3.47. The predicted octanol–water partition coefficient (Wildman–Crippen LogP) is 2.62.